The molecule has 2 atom stereocenters. The van der Waals surface area contributed by atoms with E-state index in [0.717, 1.165) is 31.6 Å². The molecule has 1 aliphatic rings. The van der Waals surface area contributed by atoms with Gasteiger partial charge in [-0.15, -0.1) is 0 Å². The Morgan fingerprint density at radius 3 is 2.89 bits per heavy atom. The second-order valence-corrected chi connectivity index (χ2v) is 5.25. The van der Waals surface area contributed by atoms with Gasteiger partial charge in [-0.25, -0.2) is 0 Å². The van der Waals surface area contributed by atoms with Gasteiger partial charge in [-0.05, 0) is 44.7 Å². The number of nitrogens with one attached hydrogen (secondary N) is 1. The van der Waals surface area contributed by atoms with Crippen LogP contribution in [0.3, 0.4) is 0 Å². The maximum absolute atomic E-state index is 9.90. The number of phenolic OH excluding ortho intramolecular Hbond substituents is 1. The average molecular weight is 263 g/mol. The van der Waals surface area contributed by atoms with E-state index in [-0.39, 0.29) is 6.04 Å². The molecule has 19 heavy (non-hydrogen) atoms. The highest BCUT2D eigenvalue weighted by Gasteiger charge is 2.16. The summed E-state index contributed by atoms with van der Waals surface area (Å²) in [5, 5.41) is 13.4. The molecule has 1 aliphatic heterocycles. The largest absolute Gasteiger partial charge is 0.508 e. The molecule has 0 spiro atoms. The second kappa shape index (κ2) is 7.51. The molecule has 0 saturated carbocycles. The first-order valence-corrected chi connectivity index (χ1v) is 7.44. The number of phenols is 1. The predicted octanol–water partition coefficient (Wildman–Crippen LogP) is 3.39. The van der Waals surface area contributed by atoms with Crippen molar-refractivity contribution >= 4 is 0 Å². The smallest absolute Gasteiger partial charge is 0.120 e. The molecule has 3 heteroatoms. The summed E-state index contributed by atoms with van der Waals surface area (Å²) in [4.78, 5) is 0. The number of hydrogen-bond acceptors (Lipinski definition) is 3. The van der Waals surface area contributed by atoms with Crippen molar-refractivity contribution in [2.45, 2.75) is 51.2 Å². The molecule has 2 unspecified atom stereocenters. The van der Waals surface area contributed by atoms with Crippen LogP contribution in [0.5, 0.6) is 5.75 Å². The summed E-state index contributed by atoms with van der Waals surface area (Å²) in [5.74, 6) is 0.385. The van der Waals surface area contributed by atoms with Crippen molar-refractivity contribution in [3.8, 4) is 5.75 Å². The zero-order valence-corrected chi connectivity index (χ0v) is 11.8. The number of benzene rings is 1. The Morgan fingerprint density at radius 1 is 1.37 bits per heavy atom. The number of para-hydroxylation sites is 1. The van der Waals surface area contributed by atoms with E-state index in [2.05, 4.69) is 12.2 Å². The summed E-state index contributed by atoms with van der Waals surface area (Å²) >= 11 is 0. The standard InChI is InChI=1S/C16H25NO2/c1-2-15(14-8-3-4-9-16(14)18)17-11-10-13-7-5-6-12-19-13/h3-4,8-9,13,15,17-18H,2,5-7,10-12H2,1H3. The van der Waals surface area contributed by atoms with Crippen LogP contribution in [-0.2, 0) is 4.74 Å². The Hall–Kier alpha value is -1.06. The Balaban J connectivity index is 1.81. The monoisotopic (exact) mass is 263 g/mol. The fourth-order valence-corrected chi connectivity index (χ4v) is 2.71. The van der Waals surface area contributed by atoms with Crippen LogP contribution in [0.4, 0.5) is 0 Å². The zero-order valence-electron chi connectivity index (χ0n) is 11.8. The van der Waals surface area contributed by atoms with Gasteiger partial charge in [-0.1, -0.05) is 25.1 Å². The minimum Gasteiger partial charge on any atom is -0.508 e. The summed E-state index contributed by atoms with van der Waals surface area (Å²) in [6.07, 6.45) is 6.14. The lowest BCUT2D eigenvalue weighted by Gasteiger charge is -2.24. The highest BCUT2D eigenvalue weighted by Crippen LogP contribution is 2.26. The van der Waals surface area contributed by atoms with Gasteiger partial charge < -0.3 is 15.2 Å². The van der Waals surface area contributed by atoms with E-state index in [9.17, 15) is 5.11 Å². The first-order valence-electron chi connectivity index (χ1n) is 7.44. The highest BCUT2D eigenvalue weighted by molar-refractivity contribution is 5.34. The summed E-state index contributed by atoms with van der Waals surface area (Å²) in [6.45, 7) is 4.00. The third-order valence-corrected chi connectivity index (χ3v) is 3.85. The van der Waals surface area contributed by atoms with Crippen LogP contribution in [0.25, 0.3) is 0 Å². The highest BCUT2D eigenvalue weighted by atomic mass is 16.5. The lowest BCUT2D eigenvalue weighted by Crippen LogP contribution is -2.27. The average Bonchev–Trinajstić information content (AvgIpc) is 2.46. The Labute approximate surface area is 116 Å². The molecular weight excluding hydrogens is 238 g/mol. The van der Waals surface area contributed by atoms with Crippen molar-refractivity contribution in [2.24, 2.45) is 0 Å². The maximum Gasteiger partial charge on any atom is 0.120 e. The lowest BCUT2D eigenvalue weighted by atomic mass is 10.0. The van der Waals surface area contributed by atoms with Crippen molar-refractivity contribution in [2.75, 3.05) is 13.2 Å². The molecule has 1 aromatic carbocycles. The quantitative estimate of drug-likeness (QED) is 0.826. The van der Waals surface area contributed by atoms with Gasteiger partial charge in [0.15, 0.2) is 0 Å². The molecule has 2 rings (SSSR count). The van der Waals surface area contributed by atoms with E-state index in [4.69, 9.17) is 4.74 Å². The first-order chi connectivity index (χ1) is 9.31. The van der Waals surface area contributed by atoms with Gasteiger partial charge in [0.1, 0.15) is 5.75 Å². The third kappa shape index (κ3) is 4.22. The number of hydrogen-bond donors (Lipinski definition) is 2. The number of aromatic hydroxyl groups is 1. The molecule has 0 amide bonds. The summed E-state index contributed by atoms with van der Waals surface area (Å²) in [7, 11) is 0. The SMILES string of the molecule is CCC(NCCC1CCCCO1)c1ccccc1O. The van der Waals surface area contributed by atoms with Gasteiger partial charge in [0.05, 0.1) is 6.10 Å². The van der Waals surface area contributed by atoms with Gasteiger partial charge >= 0.3 is 0 Å². The minimum absolute atomic E-state index is 0.227. The van der Waals surface area contributed by atoms with E-state index in [1.807, 2.05) is 18.2 Å². The van der Waals surface area contributed by atoms with Crippen LogP contribution < -0.4 is 5.32 Å². The zero-order chi connectivity index (χ0) is 13.5. The fourth-order valence-electron chi connectivity index (χ4n) is 2.71. The Morgan fingerprint density at radius 2 is 2.21 bits per heavy atom. The van der Waals surface area contributed by atoms with E-state index >= 15 is 0 Å². The van der Waals surface area contributed by atoms with Crippen LogP contribution in [0.15, 0.2) is 24.3 Å². The van der Waals surface area contributed by atoms with Crippen molar-refractivity contribution < 1.29 is 9.84 Å². The molecule has 1 saturated heterocycles. The molecule has 106 valence electrons. The topological polar surface area (TPSA) is 41.5 Å². The molecule has 2 N–H and O–H groups in total. The van der Waals surface area contributed by atoms with Crippen molar-refractivity contribution in [3.05, 3.63) is 29.8 Å². The maximum atomic E-state index is 9.90. The van der Waals surface area contributed by atoms with Gasteiger partial charge in [0.2, 0.25) is 0 Å². The molecule has 0 bridgehead atoms. The molecule has 3 nitrogen and oxygen atoms in total. The Bertz CT molecular complexity index is 375. The van der Waals surface area contributed by atoms with Gasteiger partial charge in [-0.3, -0.25) is 0 Å². The van der Waals surface area contributed by atoms with Gasteiger partial charge in [0.25, 0.3) is 0 Å². The molecule has 0 aliphatic carbocycles. The third-order valence-electron chi connectivity index (χ3n) is 3.85. The molecule has 1 heterocycles. The summed E-state index contributed by atoms with van der Waals surface area (Å²) < 4.78 is 5.73. The van der Waals surface area contributed by atoms with Crippen molar-refractivity contribution in [1.82, 2.24) is 5.32 Å². The van der Waals surface area contributed by atoms with Crippen molar-refractivity contribution in [3.63, 3.8) is 0 Å². The van der Waals surface area contributed by atoms with E-state index < -0.39 is 0 Å². The van der Waals surface area contributed by atoms with Crippen LogP contribution in [0, 0.1) is 0 Å². The predicted molar refractivity (Wildman–Crippen MR) is 77.3 cm³/mol. The van der Waals surface area contributed by atoms with Gasteiger partial charge in [-0.2, -0.15) is 0 Å². The minimum atomic E-state index is 0.227. The van der Waals surface area contributed by atoms with Crippen molar-refractivity contribution in [1.29, 1.82) is 0 Å². The number of rotatable bonds is 6. The normalized spacial score (nSPS) is 21.2. The first kappa shape index (κ1) is 14.4. The van der Waals surface area contributed by atoms with Crippen LogP contribution in [0.2, 0.25) is 0 Å². The summed E-state index contributed by atoms with van der Waals surface area (Å²) in [5.41, 5.74) is 0.995. The molecule has 1 aromatic rings. The molecular formula is C16H25NO2. The Kier molecular flexibility index (Phi) is 5.67. The van der Waals surface area contributed by atoms with Crippen LogP contribution in [0.1, 0.15) is 50.6 Å². The molecule has 0 radical (unpaired) electrons. The number of ether oxygens (including phenoxy) is 1. The van der Waals surface area contributed by atoms with Crippen LogP contribution in [-0.4, -0.2) is 24.4 Å². The molecule has 1 fully saturated rings. The fraction of sp³-hybridized carbons (Fsp3) is 0.625. The van der Waals surface area contributed by atoms with E-state index in [1.54, 1.807) is 6.07 Å². The summed E-state index contributed by atoms with van der Waals surface area (Å²) in [6, 6.07) is 7.81. The van der Waals surface area contributed by atoms with E-state index in [0.29, 0.717) is 11.9 Å². The van der Waals surface area contributed by atoms with Gasteiger partial charge in [0, 0.05) is 18.2 Å². The second-order valence-electron chi connectivity index (χ2n) is 5.25. The van der Waals surface area contributed by atoms with E-state index in [1.165, 1.54) is 19.3 Å². The van der Waals surface area contributed by atoms with Crippen LogP contribution >= 0.6 is 0 Å². The molecule has 0 aromatic heterocycles. The lowest BCUT2D eigenvalue weighted by molar-refractivity contribution is 0.0111.